The van der Waals surface area contributed by atoms with E-state index in [4.69, 9.17) is 0 Å². The highest BCUT2D eigenvalue weighted by Crippen LogP contribution is 2.45. The molecule has 2 aromatic heterocycles. The lowest BCUT2D eigenvalue weighted by atomic mass is 9.94. The maximum atomic E-state index is 12.4. The van der Waals surface area contributed by atoms with E-state index in [1.165, 1.54) is 10.8 Å². The monoisotopic (exact) mass is 605 g/mol. The third kappa shape index (κ3) is 4.10. The molecule has 0 aliphatic heterocycles. The molecule has 0 fully saturated rings. The molecule has 2 heterocycles. The fraction of sp³-hybridized carbons (Fsp3) is 0. The molecular weight excluding hydrogens is 578 g/mol. The molecule has 0 atom stereocenters. The van der Waals surface area contributed by atoms with Crippen LogP contribution in [0.4, 0.5) is 5.69 Å². The molecule has 0 aliphatic rings. The average molecular weight is 606 g/mol. The zero-order chi connectivity index (χ0) is 31.5. The minimum atomic E-state index is -0.297. The van der Waals surface area contributed by atoms with Gasteiger partial charge in [-0.3, -0.25) is 10.1 Å². The van der Waals surface area contributed by atoms with E-state index in [-0.39, 0.29) is 10.6 Å². The van der Waals surface area contributed by atoms with Gasteiger partial charge in [0.25, 0.3) is 5.69 Å². The Balaban J connectivity index is 1.47. The molecule has 0 saturated carbocycles. The molecule has 0 spiro atoms. The van der Waals surface area contributed by atoms with Crippen molar-refractivity contribution in [2.24, 2.45) is 0 Å². The summed E-state index contributed by atoms with van der Waals surface area (Å²) >= 11 is 0. The zero-order valence-corrected chi connectivity index (χ0v) is 25.2. The Morgan fingerprint density at radius 3 is 1.43 bits per heavy atom. The molecule has 222 valence electrons. The Bertz CT molecular complexity index is 2540. The fourth-order valence-corrected chi connectivity index (χ4v) is 7.25. The molecule has 0 bridgehead atoms. The van der Waals surface area contributed by atoms with Crippen LogP contribution in [-0.2, 0) is 0 Å². The summed E-state index contributed by atoms with van der Waals surface area (Å²) in [5, 5.41) is 17.0. The van der Waals surface area contributed by atoms with Gasteiger partial charge in [0.2, 0.25) is 0 Å². The predicted octanol–water partition coefficient (Wildman–Crippen LogP) is 11.1. The summed E-state index contributed by atoms with van der Waals surface area (Å²) in [5.74, 6) is 0. The predicted molar refractivity (Wildman–Crippen MR) is 193 cm³/mol. The number of rotatable bonds is 5. The zero-order valence-electron chi connectivity index (χ0n) is 25.2. The van der Waals surface area contributed by atoms with Crippen LogP contribution >= 0.6 is 0 Å². The lowest BCUT2D eigenvalue weighted by molar-refractivity contribution is -0.384. The molecule has 0 amide bonds. The highest BCUT2D eigenvalue weighted by Gasteiger charge is 2.25. The van der Waals surface area contributed by atoms with Crippen molar-refractivity contribution in [1.82, 2.24) is 9.13 Å². The Hall–Kier alpha value is -6.46. The molecular formula is C42H27N3O2. The van der Waals surface area contributed by atoms with Crippen molar-refractivity contribution >= 4 is 49.3 Å². The highest BCUT2D eigenvalue weighted by molar-refractivity contribution is 6.17. The first-order valence-electron chi connectivity index (χ1n) is 15.6. The van der Waals surface area contributed by atoms with Gasteiger partial charge in [-0.1, -0.05) is 121 Å². The standard InChI is InChI=1S/C42H27N3O2/c46-45(47)30-26-34(28-14-3-1-4-15-28)42(35(27-30)29-16-5-2-6-17-29)44-38-23-12-9-20-33(38)41-39(24-13-25-40(41)44)43-36-21-10-7-18-31(36)32-19-8-11-22-37(32)43/h1-27H. The minimum Gasteiger partial charge on any atom is -0.309 e. The Kier molecular flexibility index (Phi) is 6.05. The summed E-state index contributed by atoms with van der Waals surface area (Å²) in [5.41, 5.74) is 9.78. The fourth-order valence-electron chi connectivity index (χ4n) is 7.25. The first-order valence-corrected chi connectivity index (χ1v) is 15.6. The number of non-ortho nitro benzene ring substituents is 1. The molecule has 47 heavy (non-hydrogen) atoms. The first kappa shape index (κ1) is 26.9. The van der Waals surface area contributed by atoms with E-state index in [0.717, 1.165) is 66.5 Å². The number of hydrogen-bond donors (Lipinski definition) is 0. The number of hydrogen-bond acceptors (Lipinski definition) is 2. The molecule has 5 heteroatoms. The average Bonchev–Trinajstić information content (AvgIpc) is 3.65. The van der Waals surface area contributed by atoms with Gasteiger partial charge in [-0.05, 0) is 41.5 Å². The van der Waals surface area contributed by atoms with Crippen LogP contribution in [0.1, 0.15) is 0 Å². The number of nitro groups is 1. The quantitative estimate of drug-likeness (QED) is 0.145. The second kappa shape index (κ2) is 10.6. The number of benzene rings is 7. The van der Waals surface area contributed by atoms with Crippen LogP contribution in [0.25, 0.3) is 77.2 Å². The molecule has 9 aromatic rings. The smallest absolute Gasteiger partial charge is 0.270 e. The van der Waals surface area contributed by atoms with Gasteiger partial charge in [-0.25, -0.2) is 0 Å². The lowest BCUT2D eigenvalue weighted by Gasteiger charge is -2.19. The Labute approximate surface area is 270 Å². The molecule has 0 saturated heterocycles. The molecule has 7 aromatic carbocycles. The van der Waals surface area contributed by atoms with Gasteiger partial charge in [-0.15, -0.1) is 0 Å². The summed E-state index contributed by atoms with van der Waals surface area (Å²) < 4.78 is 4.67. The molecule has 0 N–H and O–H groups in total. The number of nitro benzene ring substituents is 1. The van der Waals surface area contributed by atoms with Crippen molar-refractivity contribution in [3.05, 3.63) is 174 Å². The largest absolute Gasteiger partial charge is 0.309 e. The minimum absolute atomic E-state index is 0.0539. The van der Waals surface area contributed by atoms with Crippen molar-refractivity contribution < 1.29 is 4.92 Å². The van der Waals surface area contributed by atoms with Crippen LogP contribution in [0.5, 0.6) is 0 Å². The number of aromatic nitrogens is 2. The normalized spacial score (nSPS) is 11.6. The Morgan fingerprint density at radius 1 is 0.447 bits per heavy atom. The van der Waals surface area contributed by atoms with Crippen molar-refractivity contribution in [3.63, 3.8) is 0 Å². The van der Waals surface area contributed by atoms with Crippen molar-refractivity contribution in [1.29, 1.82) is 0 Å². The van der Waals surface area contributed by atoms with E-state index in [9.17, 15) is 10.1 Å². The van der Waals surface area contributed by atoms with E-state index >= 15 is 0 Å². The van der Waals surface area contributed by atoms with E-state index in [1.807, 2.05) is 60.7 Å². The summed E-state index contributed by atoms with van der Waals surface area (Å²) in [4.78, 5) is 12.1. The maximum absolute atomic E-state index is 12.4. The van der Waals surface area contributed by atoms with E-state index in [1.54, 1.807) is 12.1 Å². The van der Waals surface area contributed by atoms with Gasteiger partial charge in [-0.2, -0.15) is 0 Å². The second-order valence-corrected chi connectivity index (χ2v) is 11.8. The van der Waals surface area contributed by atoms with E-state index in [2.05, 4.69) is 100 Å². The maximum Gasteiger partial charge on any atom is 0.270 e. The molecule has 0 radical (unpaired) electrons. The van der Waals surface area contributed by atoms with Gasteiger partial charge in [0.1, 0.15) is 0 Å². The molecule has 5 nitrogen and oxygen atoms in total. The number of para-hydroxylation sites is 3. The van der Waals surface area contributed by atoms with E-state index < -0.39 is 0 Å². The Morgan fingerprint density at radius 2 is 0.894 bits per heavy atom. The van der Waals surface area contributed by atoms with Crippen LogP contribution in [-0.4, -0.2) is 14.1 Å². The van der Waals surface area contributed by atoms with Crippen molar-refractivity contribution in [2.75, 3.05) is 0 Å². The third-order valence-corrected chi connectivity index (χ3v) is 9.20. The van der Waals surface area contributed by atoms with Crippen LogP contribution in [0.3, 0.4) is 0 Å². The van der Waals surface area contributed by atoms with Crippen LogP contribution in [0.15, 0.2) is 164 Å². The summed E-state index contributed by atoms with van der Waals surface area (Å²) in [6, 6.07) is 55.5. The number of fused-ring (bicyclic) bond motifs is 6. The summed E-state index contributed by atoms with van der Waals surface area (Å²) in [6.07, 6.45) is 0. The SMILES string of the molecule is O=[N+]([O-])c1cc(-c2ccccc2)c(-n2c3ccccc3c3c(-n4c5ccccc5c5ccccc54)cccc32)c(-c2ccccc2)c1. The van der Waals surface area contributed by atoms with Crippen LogP contribution < -0.4 is 0 Å². The van der Waals surface area contributed by atoms with Gasteiger partial charge < -0.3 is 9.13 Å². The molecule has 0 aliphatic carbocycles. The molecule has 0 unspecified atom stereocenters. The summed E-state index contributed by atoms with van der Waals surface area (Å²) in [6.45, 7) is 0. The third-order valence-electron chi connectivity index (χ3n) is 9.20. The van der Waals surface area contributed by atoms with Gasteiger partial charge >= 0.3 is 0 Å². The van der Waals surface area contributed by atoms with Crippen molar-refractivity contribution in [3.8, 4) is 33.6 Å². The van der Waals surface area contributed by atoms with Gasteiger partial charge in [0, 0.05) is 44.8 Å². The van der Waals surface area contributed by atoms with Crippen LogP contribution in [0.2, 0.25) is 0 Å². The second-order valence-electron chi connectivity index (χ2n) is 11.8. The number of nitrogens with zero attached hydrogens (tertiary/aromatic N) is 3. The molecule has 9 rings (SSSR count). The lowest BCUT2D eigenvalue weighted by Crippen LogP contribution is -2.03. The van der Waals surface area contributed by atoms with E-state index in [0.29, 0.717) is 0 Å². The summed E-state index contributed by atoms with van der Waals surface area (Å²) in [7, 11) is 0. The van der Waals surface area contributed by atoms with Crippen molar-refractivity contribution in [2.45, 2.75) is 0 Å². The van der Waals surface area contributed by atoms with Gasteiger partial charge in [0.05, 0.1) is 38.4 Å². The topological polar surface area (TPSA) is 53.0 Å². The van der Waals surface area contributed by atoms with Gasteiger partial charge in [0.15, 0.2) is 0 Å². The highest BCUT2D eigenvalue weighted by atomic mass is 16.6. The first-order chi connectivity index (χ1) is 23.2. The van der Waals surface area contributed by atoms with Crippen LogP contribution in [0, 0.1) is 10.1 Å².